The van der Waals surface area contributed by atoms with E-state index in [1.54, 1.807) is 19.0 Å². The van der Waals surface area contributed by atoms with Crippen LogP contribution < -0.4 is 9.64 Å². The number of hydrogen-bond donors (Lipinski definition) is 0. The Morgan fingerprint density at radius 1 is 1.43 bits per heavy atom. The summed E-state index contributed by atoms with van der Waals surface area (Å²) in [4.78, 5) is 13.3. The second kappa shape index (κ2) is 4.63. The largest absolute Gasteiger partial charge is 0.450 e. The van der Waals surface area contributed by atoms with Crippen LogP contribution in [-0.2, 0) is 0 Å². The molecule has 1 heterocycles. The van der Waals surface area contributed by atoms with Crippen molar-refractivity contribution in [2.24, 2.45) is 0 Å². The second-order valence-corrected chi connectivity index (χ2v) is 2.91. The van der Waals surface area contributed by atoms with Gasteiger partial charge in [-0.3, -0.25) is 0 Å². The highest BCUT2D eigenvalue weighted by Crippen LogP contribution is 2.12. The van der Waals surface area contributed by atoms with Crippen LogP contribution in [0, 0.1) is 12.3 Å². The van der Waals surface area contributed by atoms with Crippen molar-refractivity contribution in [1.29, 1.82) is 0 Å². The van der Waals surface area contributed by atoms with Gasteiger partial charge < -0.3 is 9.64 Å². The van der Waals surface area contributed by atoms with Crippen molar-refractivity contribution < 1.29 is 4.74 Å². The Bertz CT molecular complexity index is 361. The molecule has 0 aliphatic rings. The maximum atomic E-state index is 5.65. The number of nitrogens with zero attached hydrogens (tertiary/aromatic N) is 4. The molecule has 1 rings (SSSR count). The van der Waals surface area contributed by atoms with Gasteiger partial charge in [0.1, 0.15) is 0 Å². The molecule has 5 nitrogen and oxygen atoms in total. The van der Waals surface area contributed by atoms with E-state index in [2.05, 4.69) is 20.9 Å². The van der Waals surface area contributed by atoms with Crippen LogP contribution in [-0.4, -0.2) is 35.7 Å². The highest BCUT2D eigenvalue weighted by molar-refractivity contribution is 6.28. The average molecular weight is 213 g/mol. The van der Waals surface area contributed by atoms with Crippen LogP contribution in [0.5, 0.6) is 6.01 Å². The van der Waals surface area contributed by atoms with E-state index in [9.17, 15) is 0 Å². The lowest BCUT2D eigenvalue weighted by molar-refractivity contribution is 0.338. The van der Waals surface area contributed by atoms with E-state index in [-0.39, 0.29) is 17.9 Å². The van der Waals surface area contributed by atoms with Crippen LogP contribution >= 0.6 is 11.6 Å². The zero-order chi connectivity index (χ0) is 10.6. The lowest BCUT2D eigenvalue weighted by Gasteiger charge is -2.10. The Morgan fingerprint density at radius 2 is 2.14 bits per heavy atom. The Balaban J connectivity index is 2.90. The summed E-state index contributed by atoms with van der Waals surface area (Å²) in [6.07, 6.45) is 5.02. The van der Waals surface area contributed by atoms with Gasteiger partial charge in [-0.1, -0.05) is 5.92 Å². The first-order valence-corrected chi connectivity index (χ1v) is 4.16. The summed E-state index contributed by atoms with van der Waals surface area (Å²) < 4.78 is 5.02. The molecule has 0 aliphatic heterocycles. The van der Waals surface area contributed by atoms with Gasteiger partial charge in [0.25, 0.3) is 0 Å². The zero-order valence-corrected chi connectivity index (χ0v) is 8.62. The van der Waals surface area contributed by atoms with Gasteiger partial charge in [-0.25, -0.2) is 0 Å². The number of hydrogen-bond acceptors (Lipinski definition) is 5. The van der Waals surface area contributed by atoms with E-state index in [4.69, 9.17) is 22.8 Å². The predicted octanol–water partition coefficient (Wildman–Crippen LogP) is 0.603. The van der Waals surface area contributed by atoms with E-state index >= 15 is 0 Å². The number of terminal acetylenes is 1. The van der Waals surface area contributed by atoms with Crippen molar-refractivity contribution in [1.82, 2.24) is 15.0 Å². The lowest BCUT2D eigenvalue weighted by atomic mass is 10.7. The van der Waals surface area contributed by atoms with Crippen LogP contribution in [0.1, 0.15) is 0 Å². The van der Waals surface area contributed by atoms with Gasteiger partial charge in [-0.2, -0.15) is 15.0 Å². The molecule has 14 heavy (non-hydrogen) atoms. The first-order chi connectivity index (χ1) is 6.63. The predicted molar refractivity (Wildman–Crippen MR) is 53.5 cm³/mol. The van der Waals surface area contributed by atoms with Crippen molar-refractivity contribution in [2.45, 2.75) is 0 Å². The number of anilines is 1. The smallest absolute Gasteiger partial charge is 0.323 e. The van der Waals surface area contributed by atoms with E-state index < -0.39 is 0 Å². The summed E-state index contributed by atoms with van der Waals surface area (Å²) in [7, 11) is 3.58. The van der Waals surface area contributed by atoms with Gasteiger partial charge in [-0.05, 0) is 11.6 Å². The van der Waals surface area contributed by atoms with Crippen LogP contribution in [0.15, 0.2) is 0 Å². The molecule has 0 aliphatic carbocycles. The molecule has 0 unspecified atom stereocenters. The molecule has 0 aromatic carbocycles. The quantitative estimate of drug-likeness (QED) is 0.687. The zero-order valence-electron chi connectivity index (χ0n) is 7.86. The number of rotatable bonds is 3. The van der Waals surface area contributed by atoms with Gasteiger partial charge >= 0.3 is 6.01 Å². The van der Waals surface area contributed by atoms with Gasteiger partial charge in [0.15, 0.2) is 6.61 Å². The van der Waals surface area contributed by atoms with E-state index in [1.807, 2.05) is 0 Å². The van der Waals surface area contributed by atoms with Gasteiger partial charge in [0.2, 0.25) is 11.2 Å². The molecule has 1 aromatic heterocycles. The third kappa shape index (κ3) is 2.75. The SMILES string of the molecule is C#CCOc1nc(Cl)nc(N(C)C)n1. The van der Waals surface area contributed by atoms with Crippen molar-refractivity contribution in [2.75, 3.05) is 25.6 Å². The van der Waals surface area contributed by atoms with Gasteiger partial charge in [-0.15, -0.1) is 6.42 Å². The lowest BCUT2D eigenvalue weighted by Crippen LogP contribution is -2.14. The van der Waals surface area contributed by atoms with E-state index in [0.717, 1.165) is 0 Å². The number of aromatic nitrogens is 3. The monoisotopic (exact) mass is 212 g/mol. The molecule has 0 radical (unpaired) electrons. The minimum Gasteiger partial charge on any atom is -0.450 e. The molecule has 0 spiro atoms. The third-order valence-electron chi connectivity index (χ3n) is 1.26. The fourth-order valence-corrected chi connectivity index (χ4v) is 0.841. The van der Waals surface area contributed by atoms with Crippen molar-refractivity contribution in [3.63, 3.8) is 0 Å². The van der Waals surface area contributed by atoms with E-state index in [0.29, 0.717) is 5.95 Å². The standard InChI is InChI=1S/C8H9ClN4O/c1-4-5-14-8-11-6(9)10-7(12-8)13(2)3/h1H,5H2,2-3H3. The van der Waals surface area contributed by atoms with Gasteiger partial charge in [0, 0.05) is 14.1 Å². The summed E-state index contributed by atoms with van der Waals surface area (Å²) in [6, 6.07) is 0.131. The van der Waals surface area contributed by atoms with Crippen LogP contribution in [0.2, 0.25) is 5.28 Å². The molecule has 0 amide bonds. The molecule has 74 valence electrons. The summed E-state index contributed by atoms with van der Waals surface area (Å²) >= 11 is 5.65. The number of ether oxygens (including phenoxy) is 1. The topological polar surface area (TPSA) is 51.1 Å². The maximum absolute atomic E-state index is 5.65. The molecule has 0 saturated heterocycles. The summed E-state index contributed by atoms with van der Waals surface area (Å²) in [6.45, 7) is 0.104. The first-order valence-electron chi connectivity index (χ1n) is 3.78. The van der Waals surface area contributed by atoms with Crippen molar-refractivity contribution in [3.05, 3.63) is 5.28 Å². The maximum Gasteiger partial charge on any atom is 0.323 e. The fourth-order valence-electron chi connectivity index (χ4n) is 0.693. The average Bonchev–Trinajstić information content (AvgIpc) is 2.14. The van der Waals surface area contributed by atoms with Gasteiger partial charge in [0.05, 0.1) is 0 Å². The van der Waals surface area contributed by atoms with Crippen LogP contribution in [0.25, 0.3) is 0 Å². The summed E-state index contributed by atoms with van der Waals surface area (Å²) in [5, 5.41) is 0.0794. The van der Waals surface area contributed by atoms with Crippen molar-refractivity contribution >= 4 is 17.5 Å². The minimum absolute atomic E-state index is 0.0794. The van der Waals surface area contributed by atoms with Crippen LogP contribution in [0.3, 0.4) is 0 Å². The summed E-state index contributed by atoms with van der Waals surface area (Å²) in [5.41, 5.74) is 0. The minimum atomic E-state index is 0.0794. The number of halogens is 1. The highest BCUT2D eigenvalue weighted by Gasteiger charge is 2.06. The molecule has 0 bridgehead atoms. The third-order valence-corrected chi connectivity index (χ3v) is 1.43. The molecule has 0 atom stereocenters. The second-order valence-electron chi connectivity index (χ2n) is 2.57. The highest BCUT2D eigenvalue weighted by atomic mass is 35.5. The molecular weight excluding hydrogens is 204 g/mol. The van der Waals surface area contributed by atoms with Crippen LogP contribution in [0.4, 0.5) is 5.95 Å². The molecule has 0 fully saturated rings. The molecule has 6 heteroatoms. The Hall–Kier alpha value is -1.54. The summed E-state index contributed by atoms with van der Waals surface area (Å²) in [5.74, 6) is 2.73. The van der Waals surface area contributed by atoms with E-state index in [1.165, 1.54) is 0 Å². The Morgan fingerprint density at radius 3 is 2.71 bits per heavy atom. The molecular formula is C8H9ClN4O. The van der Waals surface area contributed by atoms with Crippen molar-refractivity contribution in [3.8, 4) is 18.4 Å². The first kappa shape index (κ1) is 10.5. The molecule has 1 aromatic rings. The molecule has 0 N–H and O–H groups in total. The Kier molecular flexibility index (Phi) is 3.48. The molecule has 0 saturated carbocycles. The normalized spacial score (nSPS) is 9.29. The Labute approximate surface area is 87.1 Å². The fraction of sp³-hybridized carbons (Fsp3) is 0.375.